The second kappa shape index (κ2) is 4.80. The molecule has 3 aromatic rings. The first kappa shape index (κ1) is 12.9. The molecule has 3 rings (SSSR count). The molecule has 0 saturated heterocycles. The van der Waals surface area contributed by atoms with E-state index in [0.29, 0.717) is 11.3 Å². The molecule has 0 aliphatic rings. The number of rotatable bonds is 2. The molecule has 0 aliphatic carbocycles. The van der Waals surface area contributed by atoms with Gasteiger partial charge in [0.15, 0.2) is 0 Å². The van der Waals surface area contributed by atoms with Crippen LogP contribution in [-0.2, 0) is 0 Å². The Balaban J connectivity index is 2.30. The number of aromatic carboxylic acids is 1. The van der Waals surface area contributed by atoms with Gasteiger partial charge in [-0.25, -0.2) is 4.79 Å². The first-order valence-electron chi connectivity index (χ1n) is 6.09. The average molecular weight is 331 g/mol. The summed E-state index contributed by atoms with van der Waals surface area (Å²) in [6.45, 7) is 2.00. The highest BCUT2D eigenvalue weighted by Crippen LogP contribution is 2.39. The lowest BCUT2D eigenvalue weighted by atomic mass is 10.1. The summed E-state index contributed by atoms with van der Waals surface area (Å²) in [5.74, 6) is -0.423. The van der Waals surface area contributed by atoms with Crippen LogP contribution in [0.15, 0.2) is 51.4 Å². The minimum absolute atomic E-state index is 0.226. The standard InChI is InChI=1S/C16H11BrO3/c1-9-6-7-13-12(8-9)14(17)15(20-13)10-4-2-3-5-11(10)16(18)19/h2-8H,1H3,(H,18,19). The smallest absolute Gasteiger partial charge is 0.336 e. The number of hydrogen-bond acceptors (Lipinski definition) is 2. The molecular weight excluding hydrogens is 320 g/mol. The predicted molar refractivity (Wildman–Crippen MR) is 81.0 cm³/mol. The van der Waals surface area contributed by atoms with Gasteiger partial charge < -0.3 is 9.52 Å². The first-order chi connectivity index (χ1) is 9.58. The van der Waals surface area contributed by atoms with E-state index in [4.69, 9.17) is 4.42 Å². The minimum Gasteiger partial charge on any atom is -0.478 e. The summed E-state index contributed by atoms with van der Waals surface area (Å²) in [6.07, 6.45) is 0. The van der Waals surface area contributed by atoms with Crippen molar-refractivity contribution in [3.8, 4) is 11.3 Å². The molecule has 3 nitrogen and oxygen atoms in total. The number of hydrogen-bond donors (Lipinski definition) is 1. The fraction of sp³-hybridized carbons (Fsp3) is 0.0625. The van der Waals surface area contributed by atoms with E-state index in [1.54, 1.807) is 24.3 Å². The zero-order valence-corrected chi connectivity index (χ0v) is 12.3. The quantitative estimate of drug-likeness (QED) is 0.729. The zero-order chi connectivity index (χ0) is 14.3. The van der Waals surface area contributed by atoms with Crippen molar-refractivity contribution in [2.75, 3.05) is 0 Å². The molecule has 100 valence electrons. The predicted octanol–water partition coefficient (Wildman–Crippen LogP) is 4.87. The molecule has 0 saturated carbocycles. The molecule has 4 heteroatoms. The van der Waals surface area contributed by atoms with Crippen LogP contribution in [0, 0.1) is 6.92 Å². The van der Waals surface area contributed by atoms with Crippen molar-refractivity contribution >= 4 is 32.9 Å². The normalized spacial score (nSPS) is 10.9. The second-order valence-electron chi connectivity index (χ2n) is 4.60. The molecule has 0 aliphatic heterocycles. The molecule has 1 aromatic heterocycles. The Kier molecular flexibility index (Phi) is 3.10. The number of carbonyl (C=O) groups is 1. The van der Waals surface area contributed by atoms with E-state index >= 15 is 0 Å². The SMILES string of the molecule is Cc1ccc2oc(-c3ccccc3C(=O)O)c(Br)c2c1. The van der Waals surface area contributed by atoms with Crippen LogP contribution in [0.2, 0.25) is 0 Å². The van der Waals surface area contributed by atoms with Crippen LogP contribution in [0.1, 0.15) is 15.9 Å². The van der Waals surface area contributed by atoms with Gasteiger partial charge in [0.05, 0.1) is 10.0 Å². The molecule has 0 unspecified atom stereocenters. The van der Waals surface area contributed by atoms with Gasteiger partial charge in [0.25, 0.3) is 0 Å². The van der Waals surface area contributed by atoms with Crippen LogP contribution < -0.4 is 0 Å². The van der Waals surface area contributed by atoms with E-state index in [-0.39, 0.29) is 5.56 Å². The average Bonchev–Trinajstić information content (AvgIpc) is 2.76. The Morgan fingerprint density at radius 3 is 2.70 bits per heavy atom. The summed E-state index contributed by atoms with van der Waals surface area (Å²) < 4.78 is 6.60. The maximum absolute atomic E-state index is 11.3. The van der Waals surface area contributed by atoms with Gasteiger partial charge in [-0.2, -0.15) is 0 Å². The van der Waals surface area contributed by atoms with Crippen molar-refractivity contribution in [1.82, 2.24) is 0 Å². The summed E-state index contributed by atoms with van der Waals surface area (Å²) in [6, 6.07) is 12.7. The van der Waals surface area contributed by atoms with E-state index in [1.807, 2.05) is 25.1 Å². The zero-order valence-electron chi connectivity index (χ0n) is 10.7. The molecule has 0 spiro atoms. The number of carboxylic acids is 1. The topological polar surface area (TPSA) is 50.4 Å². The molecule has 0 amide bonds. The summed E-state index contributed by atoms with van der Waals surface area (Å²) in [5.41, 5.74) is 2.65. The molecule has 2 aromatic carbocycles. The number of benzene rings is 2. The molecule has 0 bridgehead atoms. The van der Waals surface area contributed by atoms with E-state index in [2.05, 4.69) is 15.9 Å². The van der Waals surface area contributed by atoms with Gasteiger partial charge in [-0.05, 0) is 41.1 Å². The fourth-order valence-corrected chi connectivity index (χ4v) is 2.83. The van der Waals surface area contributed by atoms with E-state index in [0.717, 1.165) is 21.0 Å². The van der Waals surface area contributed by atoms with E-state index < -0.39 is 5.97 Å². The summed E-state index contributed by atoms with van der Waals surface area (Å²) in [5, 5.41) is 10.2. The fourth-order valence-electron chi connectivity index (χ4n) is 2.22. The molecule has 1 heterocycles. The Morgan fingerprint density at radius 2 is 1.95 bits per heavy atom. The molecule has 1 N–H and O–H groups in total. The van der Waals surface area contributed by atoms with Crippen LogP contribution in [0.5, 0.6) is 0 Å². The number of halogens is 1. The van der Waals surface area contributed by atoms with Crippen LogP contribution in [-0.4, -0.2) is 11.1 Å². The second-order valence-corrected chi connectivity index (χ2v) is 5.39. The van der Waals surface area contributed by atoms with Crippen molar-refractivity contribution in [2.24, 2.45) is 0 Å². The lowest BCUT2D eigenvalue weighted by molar-refractivity contribution is 0.0697. The monoisotopic (exact) mass is 330 g/mol. The van der Waals surface area contributed by atoms with Crippen LogP contribution in [0.25, 0.3) is 22.3 Å². The van der Waals surface area contributed by atoms with Crippen LogP contribution >= 0.6 is 15.9 Å². The van der Waals surface area contributed by atoms with Crippen LogP contribution in [0.3, 0.4) is 0 Å². The van der Waals surface area contributed by atoms with Gasteiger partial charge >= 0.3 is 5.97 Å². The highest BCUT2D eigenvalue weighted by atomic mass is 79.9. The largest absolute Gasteiger partial charge is 0.478 e. The lowest BCUT2D eigenvalue weighted by Gasteiger charge is -2.02. The summed E-state index contributed by atoms with van der Waals surface area (Å²) in [7, 11) is 0. The summed E-state index contributed by atoms with van der Waals surface area (Å²) in [4.78, 5) is 11.3. The van der Waals surface area contributed by atoms with Crippen molar-refractivity contribution in [2.45, 2.75) is 6.92 Å². The highest BCUT2D eigenvalue weighted by molar-refractivity contribution is 9.10. The Morgan fingerprint density at radius 1 is 1.20 bits per heavy atom. The van der Waals surface area contributed by atoms with Gasteiger partial charge in [0.2, 0.25) is 0 Å². The first-order valence-corrected chi connectivity index (χ1v) is 6.88. The number of fused-ring (bicyclic) bond motifs is 1. The Labute approximate surface area is 124 Å². The van der Waals surface area contributed by atoms with Gasteiger partial charge in [0.1, 0.15) is 11.3 Å². The number of aryl methyl sites for hydroxylation is 1. The molecular formula is C16H11BrO3. The van der Waals surface area contributed by atoms with Crippen LogP contribution in [0.4, 0.5) is 0 Å². The molecule has 0 radical (unpaired) electrons. The lowest BCUT2D eigenvalue weighted by Crippen LogP contribution is -1.98. The van der Waals surface area contributed by atoms with E-state index in [9.17, 15) is 9.90 Å². The third-order valence-electron chi connectivity index (χ3n) is 3.19. The van der Waals surface area contributed by atoms with E-state index in [1.165, 1.54) is 0 Å². The summed E-state index contributed by atoms with van der Waals surface area (Å²) >= 11 is 3.52. The third-order valence-corrected chi connectivity index (χ3v) is 3.97. The molecule has 0 atom stereocenters. The number of furan rings is 1. The third kappa shape index (κ3) is 2.02. The van der Waals surface area contributed by atoms with Crippen molar-refractivity contribution in [1.29, 1.82) is 0 Å². The van der Waals surface area contributed by atoms with Crippen molar-refractivity contribution in [3.63, 3.8) is 0 Å². The van der Waals surface area contributed by atoms with Gasteiger partial charge in [-0.3, -0.25) is 0 Å². The highest BCUT2D eigenvalue weighted by Gasteiger charge is 2.19. The maximum atomic E-state index is 11.3. The molecule has 20 heavy (non-hydrogen) atoms. The van der Waals surface area contributed by atoms with Gasteiger partial charge in [-0.15, -0.1) is 0 Å². The maximum Gasteiger partial charge on any atom is 0.336 e. The Hall–Kier alpha value is -2.07. The van der Waals surface area contributed by atoms with Crippen molar-refractivity contribution in [3.05, 3.63) is 58.1 Å². The molecule has 0 fully saturated rings. The van der Waals surface area contributed by atoms with Gasteiger partial charge in [0, 0.05) is 10.9 Å². The van der Waals surface area contributed by atoms with Gasteiger partial charge in [-0.1, -0.05) is 29.8 Å². The Bertz CT molecular complexity index is 818. The minimum atomic E-state index is -0.968. The van der Waals surface area contributed by atoms with Crippen molar-refractivity contribution < 1.29 is 14.3 Å². The number of carboxylic acid groups (broad SMARTS) is 1.